The quantitative estimate of drug-likeness (QED) is 0.658. The maximum absolute atomic E-state index is 13.0. The molecule has 0 aromatic heterocycles. The number of alkyl halides is 4. The fourth-order valence-corrected chi connectivity index (χ4v) is 1.09. The van der Waals surface area contributed by atoms with Gasteiger partial charge in [0, 0.05) is 5.56 Å². The number of nitrogen functional groups attached to an aromatic ring is 1. The minimum Gasteiger partial charge on any atom is -0.394 e. The molecule has 0 bridgehead atoms. The first kappa shape index (κ1) is 15.1. The molecule has 3 N–H and O–H groups in total. The average Bonchev–Trinajstić information content (AvgIpc) is 2.32. The van der Waals surface area contributed by atoms with Gasteiger partial charge in [0.2, 0.25) is 0 Å². The molecule has 1 aromatic rings. The van der Waals surface area contributed by atoms with Crippen LogP contribution in [-0.2, 0) is 0 Å². The smallest absolute Gasteiger partial charge is 0.324 e. The van der Waals surface area contributed by atoms with Gasteiger partial charge in [-0.15, -0.1) is 0 Å². The van der Waals surface area contributed by atoms with E-state index in [0.29, 0.717) is 12.1 Å². The van der Waals surface area contributed by atoms with Crippen molar-refractivity contribution in [3.63, 3.8) is 0 Å². The molecule has 0 fully saturated rings. The number of halogens is 6. The van der Waals surface area contributed by atoms with E-state index < -0.39 is 47.7 Å². The lowest BCUT2D eigenvalue weighted by atomic mass is 10.1. The number of hydrogen-bond donors (Lipinski definition) is 2. The van der Waals surface area contributed by atoms with Gasteiger partial charge in [0.05, 0.1) is 6.54 Å². The van der Waals surface area contributed by atoms with E-state index in [1.807, 2.05) is 0 Å². The normalized spacial score (nSPS) is 11.7. The van der Waals surface area contributed by atoms with Crippen molar-refractivity contribution in [3.8, 4) is 0 Å². The van der Waals surface area contributed by atoms with Crippen LogP contribution in [0.4, 0.5) is 32.0 Å². The van der Waals surface area contributed by atoms with Crippen LogP contribution in [0.1, 0.15) is 10.4 Å². The number of amides is 1. The van der Waals surface area contributed by atoms with Gasteiger partial charge in [-0.25, -0.2) is 17.6 Å². The maximum atomic E-state index is 13.0. The minimum atomic E-state index is -4.43. The van der Waals surface area contributed by atoms with Crippen LogP contribution in [0.2, 0.25) is 0 Å². The van der Waals surface area contributed by atoms with Crippen molar-refractivity contribution < 1.29 is 31.1 Å². The largest absolute Gasteiger partial charge is 0.394 e. The van der Waals surface area contributed by atoms with Crippen molar-refractivity contribution in [2.75, 3.05) is 12.3 Å². The first-order chi connectivity index (χ1) is 8.65. The summed E-state index contributed by atoms with van der Waals surface area (Å²) < 4.78 is 74.6. The van der Waals surface area contributed by atoms with E-state index in [-0.39, 0.29) is 0 Å². The number of carbonyl (C=O) groups is 1. The zero-order chi connectivity index (χ0) is 14.8. The molecule has 0 saturated carbocycles. The van der Waals surface area contributed by atoms with Gasteiger partial charge < -0.3 is 11.1 Å². The van der Waals surface area contributed by atoms with E-state index >= 15 is 0 Å². The molecule has 0 radical (unpaired) electrons. The second-order valence-electron chi connectivity index (χ2n) is 3.60. The van der Waals surface area contributed by atoms with Gasteiger partial charge >= 0.3 is 12.3 Å². The minimum absolute atomic E-state index is 0.508. The van der Waals surface area contributed by atoms with Gasteiger partial charge in [-0.3, -0.25) is 4.79 Å². The Morgan fingerprint density at radius 1 is 1.26 bits per heavy atom. The molecule has 0 aliphatic heterocycles. The van der Waals surface area contributed by atoms with E-state index in [0.717, 1.165) is 0 Å². The summed E-state index contributed by atoms with van der Waals surface area (Å²) in [6.45, 7) is -1.66. The summed E-state index contributed by atoms with van der Waals surface area (Å²) in [5.74, 6) is -8.27. The van der Waals surface area contributed by atoms with Crippen molar-refractivity contribution in [1.29, 1.82) is 0 Å². The monoisotopic (exact) mass is 286 g/mol. The standard InChI is InChI=1S/C10H8F6N2O/c11-5-1-4(2-6(12)7(5)17)8(19)18-3-10(15,16)9(13)14/h1-2,9H,3,17H2,(H,18,19). The van der Waals surface area contributed by atoms with Crippen LogP contribution in [0.5, 0.6) is 0 Å². The lowest BCUT2D eigenvalue weighted by Gasteiger charge is -2.15. The zero-order valence-electron chi connectivity index (χ0n) is 9.19. The molecule has 0 saturated heterocycles. The van der Waals surface area contributed by atoms with Crippen LogP contribution in [0, 0.1) is 11.6 Å². The first-order valence-corrected chi connectivity index (χ1v) is 4.84. The summed E-state index contributed by atoms with van der Waals surface area (Å²) >= 11 is 0. The van der Waals surface area contributed by atoms with Gasteiger partial charge in [-0.05, 0) is 12.1 Å². The fourth-order valence-electron chi connectivity index (χ4n) is 1.09. The molecule has 0 spiro atoms. The van der Waals surface area contributed by atoms with Crippen molar-refractivity contribution >= 4 is 11.6 Å². The zero-order valence-corrected chi connectivity index (χ0v) is 9.19. The molecule has 0 aliphatic rings. The molecule has 0 heterocycles. The van der Waals surface area contributed by atoms with Crippen LogP contribution in [-0.4, -0.2) is 24.8 Å². The Labute approximate surface area is 103 Å². The van der Waals surface area contributed by atoms with Crippen LogP contribution >= 0.6 is 0 Å². The third-order valence-electron chi connectivity index (χ3n) is 2.15. The molecule has 3 nitrogen and oxygen atoms in total. The molecular weight excluding hydrogens is 278 g/mol. The molecule has 106 valence electrons. The molecule has 0 atom stereocenters. The van der Waals surface area contributed by atoms with Crippen LogP contribution in [0.3, 0.4) is 0 Å². The Bertz CT molecular complexity index is 468. The van der Waals surface area contributed by atoms with E-state index in [4.69, 9.17) is 5.73 Å². The van der Waals surface area contributed by atoms with Crippen LogP contribution in [0.25, 0.3) is 0 Å². The molecule has 0 unspecified atom stereocenters. The van der Waals surface area contributed by atoms with E-state index in [1.165, 1.54) is 5.32 Å². The van der Waals surface area contributed by atoms with Gasteiger partial charge in [0.15, 0.2) is 0 Å². The Kier molecular flexibility index (Phi) is 4.28. The fraction of sp³-hybridized carbons (Fsp3) is 0.300. The van der Waals surface area contributed by atoms with Crippen LogP contribution in [0.15, 0.2) is 12.1 Å². The third kappa shape index (κ3) is 3.52. The summed E-state index contributed by atoms with van der Waals surface area (Å²) in [5, 5.41) is 1.45. The summed E-state index contributed by atoms with van der Waals surface area (Å²) in [6.07, 6.45) is -3.97. The highest BCUT2D eigenvalue weighted by Crippen LogP contribution is 2.22. The molecule has 19 heavy (non-hydrogen) atoms. The lowest BCUT2D eigenvalue weighted by Crippen LogP contribution is -2.41. The molecule has 0 aliphatic carbocycles. The van der Waals surface area contributed by atoms with Gasteiger partial charge in [-0.2, -0.15) is 8.78 Å². The van der Waals surface area contributed by atoms with Crippen molar-refractivity contribution in [2.45, 2.75) is 12.3 Å². The number of carbonyl (C=O) groups excluding carboxylic acids is 1. The number of benzene rings is 1. The number of anilines is 1. The van der Waals surface area contributed by atoms with Crippen molar-refractivity contribution in [1.82, 2.24) is 5.32 Å². The molecule has 9 heteroatoms. The van der Waals surface area contributed by atoms with Gasteiger partial charge in [-0.1, -0.05) is 0 Å². The maximum Gasteiger partial charge on any atom is 0.324 e. The summed E-state index contributed by atoms with van der Waals surface area (Å²) in [5.41, 5.74) is 3.45. The number of nitrogens with one attached hydrogen (secondary N) is 1. The Balaban J connectivity index is 2.80. The second-order valence-corrected chi connectivity index (χ2v) is 3.60. The number of nitrogens with two attached hydrogens (primary N) is 1. The number of rotatable bonds is 4. The first-order valence-electron chi connectivity index (χ1n) is 4.84. The highest BCUT2D eigenvalue weighted by molar-refractivity contribution is 5.94. The number of hydrogen-bond acceptors (Lipinski definition) is 2. The third-order valence-corrected chi connectivity index (χ3v) is 2.15. The van der Waals surface area contributed by atoms with E-state index in [2.05, 4.69) is 0 Å². The van der Waals surface area contributed by atoms with Crippen LogP contribution < -0.4 is 11.1 Å². The van der Waals surface area contributed by atoms with E-state index in [9.17, 15) is 31.1 Å². The SMILES string of the molecule is Nc1c(F)cc(C(=O)NCC(F)(F)C(F)F)cc1F. The predicted molar refractivity (Wildman–Crippen MR) is 54.1 cm³/mol. The summed E-state index contributed by atoms with van der Waals surface area (Å²) in [7, 11) is 0. The average molecular weight is 286 g/mol. The summed E-state index contributed by atoms with van der Waals surface area (Å²) in [6, 6.07) is 1.02. The summed E-state index contributed by atoms with van der Waals surface area (Å²) in [4.78, 5) is 11.3. The van der Waals surface area contributed by atoms with Gasteiger partial charge in [0.1, 0.15) is 17.3 Å². The molecule has 1 amide bonds. The highest BCUT2D eigenvalue weighted by Gasteiger charge is 2.40. The van der Waals surface area contributed by atoms with Gasteiger partial charge in [0.25, 0.3) is 5.91 Å². The second kappa shape index (κ2) is 5.37. The lowest BCUT2D eigenvalue weighted by molar-refractivity contribution is -0.123. The molecule has 1 aromatic carbocycles. The van der Waals surface area contributed by atoms with E-state index in [1.54, 1.807) is 0 Å². The Morgan fingerprint density at radius 2 is 1.74 bits per heavy atom. The topological polar surface area (TPSA) is 55.1 Å². The van der Waals surface area contributed by atoms with Crippen molar-refractivity contribution in [2.24, 2.45) is 0 Å². The Hall–Kier alpha value is -1.93. The Morgan fingerprint density at radius 3 is 2.16 bits per heavy atom. The molecule has 1 rings (SSSR count). The predicted octanol–water partition coefficient (Wildman–Crippen LogP) is 2.18. The van der Waals surface area contributed by atoms with Crippen molar-refractivity contribution in [3.05, 3.63) is 29.3 Å². The highest BCUT2D eigenvalue weighted by atomic mass is 19.3. The molecular formula is C10H8F6N2O.